The molecule has 3 aliphatic rings. The lowest BCUT2D eigenvalue weighted by Crippen LogP contribution is -2.35. The minimum atomic E-state index is -0.663. The maximum Gasteiger partial charge on any atom is 0.0651 e. The van der Waals surface area contributed by atoms with Gasteiger partial charge in [-0.2, -0.15) is 0 Å². The molecule has 0 saturated heterocycles. The Balaban J connectivity index is 1.75. The number of rotatable bonds is 5. The highest BCUT2D eigenvalue weighted by Gasteiger charge is 2.50. The molecule has 168 valence electrons. The summed E-state index contributed by atoms with van der Waals surface area (Å²) in [5, 5.41) is 20.3. The second-order valence-electron chi connectivity index (χ2n) is 11.2. The van der Waals surface area contributed by atoms with Crippen LogP contribution in [0, 0.1) is 29.1 Å². The van der Waals surface area contributed by atoms with Crippen LogP contribution in [0.1, 0.15) is 86.0 Å². The third-order valence-corrected chi connectivity index (χ3v) is 8.68. The lowest BCUT2D eigenvalue weighted by Gasteiger charge is -2.44. The first kappa shape index (κ1) is 23.5. The molecule has 0 aromatic carbocycles. The molecule has 0 unspecified atom stereocenters. The zero-order valence-electron chi connectivity index (χ0n) is 20.0. The number of aliphatic hydroxyl groups excluding tert-OH is 1. The SMILES string of the molecule is C=C1CC[C@@H](O)C/C1=C/C=C1\CCC[C@]2(C)[C@@H]([C@H](C)/C=C/[C@H](C)C(C)(C)O)CC[C@@H]12. The van der Waals surface area contributed by atoms with Crippen molar-refractivity contribution in [1.29, 1.82) is 0 Å². The Morgan fingerprint density at radius 2 is 1.83 bits per heavy atom. The van der Waals surface area contributed by atoms with Crippen LogP contribution in [-0.2, 0) is 0 Å². The second kappa shape index (κ2) is 9.17. The molecule has 3 saturated carbocycles. The van der Waals surface area contributed by atoms with E-state index in [1.807, 2.05) is 13.8 Å². The fourth-order valence-electron chi connectivity index (χ4n) is 6.25. The first-order chi connectivity index (χ1) is 14.0. The Hall–Kier alpha value is -1.12. The van der Waals surface area contributed by atoms with Crippen molar-refractivity contribution in [1.82, 2.24) is 0 Å². The monoisotopic (exact) mass is 412 g/mol. The molecule has 6 atom stereocenters. The maximum atomic E-state index is 10.3. The van der Waals surface area contributed by atoms with Crippen molar-refractivity contribution in [2.45, 2.75) is 97.7 Å². The van der Waals surface area contributed by atoms with Crippen LogP contribution in [0.5, 0.6) is 0 Å². The van der Waals surface area contributed by atoms with Gasteiger partial charge in [0.25, 0.3) is 0 Å². The van der Waals surface area contributed by atoms with Gasteiger partial charge in [-0.1, -0.05) is 62.8 Å². The van der Waals surface area contributed by atoms with Crippen LogP contribution in [0.3, 0.4) is 0 Å². The summed E-state index contributed by atoms with van der Waals surface area (Å²) in [5.41, 5.74) is 3.78. The van der Waals surface area contributed by atoms with Gasteiger partial charge in [0.15, 0.2) is 0 Å². The van der Waals surface area contributed by atoms with E-state index < -0.39 is 5.60 Å². The summed E-state index contributed by atoms with van der Waals surface area (Å²) in [6.45, 7) is 15.0. The molecule has 0 spiro atoms. The number of fused-ring (bicyclic) bond motifs is 1. The van der Waals surface area contributed by atoms with Gasteiger partial charge < -0.3 is 10.2 Å². The van der Waals surface area contributed by atoms with Gasteiger partial charge in [-0.3, -0.25) is 0 Å². The van der Waals surface area contributed by atoms with Crippen molar-refractivity contribution in [3.8, 4) is 0 Å². The van der Waals surface area contributed by atoms with E-state index in [1.54, 1.807) is 5.57 Å². The van der Waals surface area contributed by atoms with Crippen LogP contribution in [0.15, 0.2) is 47.6 Å². The van der Waals surface area contributed by atoms with Gasteiger partial charge in [0.2, 0.25) is 0 Å². The van der Waals surface area contributed by atoms with Crippen LogP contribution < -0.4 is 0 Å². The number of hydrogen-bond acceptors (Lipinski definition) is 2. The van der Waals surface area contributed by atoms with E-state index in [4.69, 9.17) is 0 Å². The molecule has 0 aromatic heterocycles. The molecule has 0 radical (unpaired) electrons. The zero-order chi connectivity index (χ0) is 22.1. The molecule has 0 bridgehead atoms. The third kappa shape index (κ3) is 5.02. The molecule has 2 heteroatoms. The van der Waals surface area contributed by atoms with Crippen LogP contribution in [0.2, 0.25) is 0 Å². The summed E-state index contributed by atoms with van der Waals surface area (Å²) in [5.74, 6) is 2.08. The lowest BCUT2D eigenvalue weighted by atomic mass is 9.61. The van der Waals surface area contributed by atoms with Crippen molar-refractivity contribution in [3.05, 3.63) is 47.6 Å². The first-order valence-corrected chi connectivity index (χ1v) is 12.2. The van der Waals surface area contributed by atoms with E-state index in [9.17, 15) is 10.2 Å². The second-order valence-corrected chi connectivity index (χ2v) is 11.2. The van der Waals surface area contributed by atoms with Crippen molar-refractivity contribution < 1.29 is 10.2 Å². The van der Waals surface area contributed by atoms with Crippen molar-refractivity contribution in [2.24, 2.45) is 29.1 Å². The van der Waals surface area contributed by atoms with Crippen molar-refractivity contribution >= 4 is 0 Å². The van der Waals surface area contributed by atoms with Gasteiger partial charge in [0, 0.05) is 5.92 Å². The van der Waals surface area contributed by atoms with E-state index in [2.05, 4.69) is 51.7 Å². The normalized spacial score (nSPS) is 37.7. The number of allylic oxidation sites excluding steroid dienone is 5. The van der Waals surface area contributed by atoms with Crippen LogP contribution in [0.25, 0.3) is 0 Å². The molecule has 0 aliphatic heterocycles. The first-order valence-electron chi connectivity index (χ1n) is 12.2. The summed E-state index contributed by atoms with van der Waals surface area (Å²) >= 11 is 0. The molecule has 0 heterocycles. The van der Waals surface area contributed by atoms with Gasteiger partial charge in [-0.15, -0.1) is 0 Å². The molecule has 3 rings (SSSR count). The molecule has 3 aliphatic carbocycles. The average Bonchev–Trinajstić information content (AvgIpc) is 3.03. The molecular weight excluding hydrogens is 368 g/mol. The van der Waals surface area contributed by atoms with Gasteiger partial charge in [-0.25, -0.2) is 0 Å². The molecule has 2 N–H and O–H groups in total. The molecule has 2 nitrogen and oxygen atoms in total. The predicted octanol–water partition coefficient (Wildman–Crippen LogP) is 6.76. The minimum Gasteiger partial charge on any atom is -0.393 e. The fraction of sp³-hybridized carbons (Fsp3) is 0.714. The minimum absolute atomic E-state index is 0.164. The summed E-state index contributed by atoms with van der Waals surface area (Å²) in [7, 11) is 0. The Kier molecular flexibility index (Phi) is 7.19. The van der Waals surface area contributed by atoms with Crippen LogP contribution in [-0.4, -0.2) is 21.9 Å². The summed E-state index contributed by atoms with van der Waals surface area (Å²) < 4.78 is 0. The van der Waals surface area contributed by atoms with E-state index in [-0.39, 0.29) is 12.0 Å². The molecular formula is C28H44O2. The van der Waals surface area contributed by atoms with E-state index in [0.29, 0.717) is 23.2 Å². The van der Waals surface area contributed by atoms with E-state index in [1.165, 1.54) is 43.3 Å². The molecule has 3 fully saturated rings. The van der Waals surface area contributed by atoms with Crippen molar-refractivity contribution in [3.63, 3.8) is 0 Å². The number of hydrogen-bond donors (Lipinski definition) is 2. The third-order valence-electron chi connectivity index (χ3n) is 8.68. The van der Waals surface area contributed by atoms with Crippen molar-refractivity contribution in [2.75, 3.05) is 0 Å². The van der Waals surface area contributed by atoms with Gasteiger partial charge >= 0.3 is 0 Å². The van der Waals surface area contributed by atoms with Crippen LogP contribution in [0.4, 0.5) is 0 Å². The Bertz CT molecular complexity index is 719. The van der Waals surface area contributed by atoms with Crippen LogP contribution >= 0.6 is 0 Å². The van der Waals surface area contributed by atoms with Gasteiger partial charge in [-0.05, 0) is 94.0 Å². The largest absolute Gasteiger partial charge is 0.393 e. The molecule has 0 aromatic rings. The Morgan fingerprint density at radius 3 is 2.53 bits per heavy atom. The Morgan fingerprint density at radius 1 is 1.10 bits per heavy atom. The smallest absolute Gasteiger partial charge is 0.0651 e. The summed E-state index contributed by atoms with van der Waals surface area (Å²) in [6, 6.07) is 0. The highest BCUT2D eigenvalue weighted by atomic mass is 16.3. The average molecular weight is 413 g/mol. The summed E-state index contributed by atoms with van der Waals surface area (Å²) in [4.78, 5) is 0. The maximum absolute atomic E-state index is 10.3. The summed E-state index contributed by atoms with van der Waals surface area (Å²) in [6.07, 6.45) is 18.0. The predicted molar refractivity (Wildman–Crippen MR) is 127 cm³/mol. The lowest BCUT2D eigenvalue weighted by molar-refractivity contribution is 0.0436. The van der Waals surface area contributed by atoms with E-state index >= 15 is 0 Å². The standard InChI is InChI=1S/C28H44O2/c1-19-10-14-24(29)18-23(19)13-12-22-8-7-17-28(6)25(15-16-26(22)28)20(2)9-11-21(3)27(4,5)30/h9,11-13,20-21,24-26,29-30H,1,7-8,10,14-18H2,2-6H3/b11-9+,22-12+,23-13-/t20-,21+,24-,25-,26+,28-/m1/s1. The van der Waals surface area contributed by atoms with E-state index in [0.717, 1.165) is 19.3 Å². The van der Waals surface area contributed by atoms with Gasteiger partial charge in [0.05, 0.1) is 11.7 Å². The zero-order valence-corrected chi connectivity index (χ0v) is 20.0. The Labute approximate surface area is 184 Å². The molecule has 0 amide bonds. The van der Waals surface area contributed by atoms with Gasteiger partial charge in [0.1, 0.15) is 0 Å². The highest BCUT2D eigenvalue weighted by molar-refractivity contribution is 5.36. The number of aliphatic hydroxyl groups is 2. The quantitative estimate of drug-likeness (QED) is 0.490. The topological polar surface area (TPSA) is 40.5 Å². The fourth-order valence-corrected chi connectivity index (χ4v) is 6.25. The highest BCUT2D eigenvalue weighted by Crippen LogP contribution is 2.59. The molecule has 30 heavy (non-hydrogen) atoms.